The molecule has 1 aromatic heterocycles. The lowest BCUT2D eigenvalue weighted by molar-refractivity contribution is 0.0289. The molecule has 0 aliphatic heterocycles. The van der Waals surface area contributed by atoms with Crippen molar-refractivity contribution in [1.29, 1.82) is 0 Å². The first-order valence-electron chi connectivity index (χ1n) is 5.67. The molecule has 2 nitrogen and oxygen atoms in total. The van der Waals surface area contributed by atoms with Crippen molar-refractivity contribution < 1.29 is 5.11 Å². The van der Waals surface area contributed by atoms with Crippen LogP contribution in [0.2, 0.25) is 0 Å². The highest BCUT2D eigenvalue weighted by Crippen LogP contribution is 2.23. The molecule has 0 saturated heterocycles. The molecule has 0 spiro atoms. The molecule has 2 rings (SSSR count). The highest BCUT2D eigenvalue weighted by Gasteiger charge is 2.26. The normalized spacial score (nSPS) is 27.1. The average Bonchev–Trinajstić information content (AvgIpc) is 2.71. The lowest BCUT2D eigenvalue weighted by Gasteiger charge is -2.35. The van der Waals surface area contributed by atoms with Crippen LogP contribution in [0.25, 0.3) is 0 Å². The molecule has 0 radical (unpaired) electrons. The fourth-order valence-corrected chi connectivity index (χ4v) is 3.05. The molecule has 2 atom stereocenters. The number of rotatable bonds is 3. The van der Waals surface area contributed by atoms with Gasteiger partial charge in [0, 0.05) is 12.6 Å². The molecule has 1 N–H and O–H groups in total. The summed E-state index contributed by atoms with van der Waals surface area (Å²) in [5, 5.41) is 14.2. The van der Waals surface area contributed by atoms with Crippen molar-refractivity contribution in [3.8, 4) is 0 Å². The molecule has 1 saturated carbocycles. The van der Waals surface area contributed by atoms with Gasteiger partial charge in [-0.15, -0.1) is 0 Å². The average molecular weight is 225 g/mol. The van der Waals surface area contributed by atoms with Crippen molar-refractivity contribution in [3.05, 3.63) is 22.4 Å². The van der Waals surface area contributed by atoms with E-state index >= 15 is 0 Å². The SMILES string of the molecule is CN(Cc1ccsc1)C1CCCCC1O. The van der Waals surface area contributed by atoms with E-state index in [1.807, 2.05) is 0 Å². The van der Waals surface area contributed by atoms with Gasteiger partial charge in [-0.05, 0) is 42.3 Å². The van der Waals surface area contributed by atoms with Gasteiger partial charge in [-0.3, -0.25) is 4.90 Å². The molecule has 2 unspecified atom stereocenters. The Morgan fingerprint density at radius 2 is 2.27 bits per heavy atom. The maximum atomic E-state index is 9.93. The first-order chi connectivity index (χ1) is 7.27. The Hall–Kier alpha value is -0.380. The Labute approximate surface area is 95.5 Å². The molecule has 84 valence electrons. The Morgan fingerprint density at radius 3 is 2.93 bits per heavy atom. The van der Waals surface area contributed by atoms with Gasteiger partial charge in [-0.1, -0.05) is 12.8 Å². The standard InChI is InChI=1S/C12H19NOS/c1-13(8-10-6-7-15-9-10)11-4-2-3-5-12(11)14/h6-7,9,11-12,14H,2-5,8H2,1H3. The maximum Gasteiger partial charge on any atom is 0.0695 e. The Balaban J connectivity index is 1.91. The van der Waals surface area contributed by atoms with Crippen molar-refractivity contribution in [3.63, 3.8) is 0 Å². The van der Waals surface area contributed by atoms with Crippen molar-refractivity contribution in [2.24, 2.45) is 0 Å². The van der Waals surface area contributed by atoms with Crippen LogP contribution >= 0.6 is 11.3 Å². The van der Waals surface area contributed by atoms with Crippen LogP contribution in [-0.4, -0.2) is 29.2 Å². The van der Waals surface area contributed by atoms with Gasteiger partial charge in [-0.25, -0.2) is 0 Å². The second kappa shape index (κ2) is 5.10. The second-order valence-electron chi connectivity index (χ2n) is 4.47. The van der Waals surface area contributed by atoms with E-state index in [9.17, 15) is 5.11 Å². The molecule has 3 heteroatoms. The second-order valence-corrected chi connectivity index (χ2v) is 5.25. The Bertz CT molecular complexity index is 286. The molecule has 0 bridgehead atoms. The first kappa shape index (κ1) is 11.1. The summed E-state index contributed by atoms with van der Waals surface area (Å²) in [4.78, 5) is 2.30. The van der Waals surface area contributed by atoms with E-state index < -0.39 is 0 Å². The van der Waals surface area contributed by atoms with Crippen LogP contribution < -0.4 is 0 Å². The van der Waals surface area contributed by atoms with Gasteiger partial charge in [0.05, 0.1) is 6.10 Å². The number of aliphatic hydroxyl groups is 1. The molecule has 1 fully saturated rings. The van der Waals surface area contributed by atoms with Crippen LogP contribution in [0.4, 0.5) is 0 Å². The lowest BCUT2D eigenvalue weighted by Crippen LogP contribution is -2.42. The molecular weight excluding hydrogens is 206 g/mol. The van der Waals surface area contributed by atoms with Crippen molar-refractivity contribution in [2.45, 2.75) is 44.4 Å². The van der Waals surface area contributed by atoms with Gasteiger partial charge in [0.2, 0.25) is 0 Å². The van der Waals surface area contributed by atoms with E-state index in [4.69, 9.17) is 0 Å². The zero-order valence-corrected chi connectivity index (χ0v) is 10.0. The van der Waals surface area contributed by atoms with Gasteiger partial charge >= 0.3 is 0 Å². The Morgan fingerprint density at radius 1 is 1.47 bits per heavy atom. The number of likely N-dealkylation sites (N-methyl/N-ethyl adjacent to an activating group) is 1. The minimum Gasteiger partial charge on any atom is -0.391 e. The summed E-state index contributed by atoms with van der Waals surface area (Å²) >= 11 is 1.74. The molecule has 0 aromatic carbocycles. The third-order valence-corrected chi connectivity index (χ3v) is 4.00. The topological polar surface area (TPSA) is 23.5 Å². The summed E-state index contributed by atoms with van der Waals surface area (Å²) in [5.74, 6) is 0. The van der Waals surface area contributed by atoms with E-state index in [1.165, 1.54) is 18.4 Å². The highest BCUT2D eigenvalue weighted by atomic mass is 32.1. The van der Waals surface area contributed by atoms with Gasteiger partial charge < -0.3 is 5.11 Å². The van der Waals surface area contributed by atoms with E-state index in [0.29, 0.717) is 6.04 Å². The number of hydrogen-bond donors (Lipinski definition) is 1. The predicted octanol–water partition coefficient (Wildman–Crippen LogP) is 2.48. The summed E-state index contributed by atoms with van der Waals surface area (Å²) in [6.45, 7) is 0.964. The summed E-state index contributed by atoms with van der Waals surface area (Å²) in [7, 11) is 2.12. The fraction of sp³-hybridized carbons (Fsp3) is 0.667. The number of nitrogens with zero attached hydrogens (tertiary/aromatic N) is 1. The number of hydrogen-bond acceptors (Lipinski definition) is 3. The number of aliphatic hydroxyl groups excluding tert-OH is 1. The zero-order valence-electron chi connectivity index (χ0n) is 9.22. The van der Waals surface area contributed by atoms with Crippen LogP contribution in [0, 0.1) is 0 Å². The van der Waals surface area contributed by atoms with Crippen molar-refractivity contribution in [2.75, 3.05) is 7.05 Å². The highest BCUT2D eigenvalue weighted by molar-refractivity contribution is 7.07. The summed E-state index contributed by atoms with van der Waals surface area (Å²) in [6.07, 6.45) is 4.43. The largest absolute Gasteiger partial charge is 0.391 e. The van der Waals surface area contributed by atoms with Crippen LogP contribution in [-0.2, 0) is 6.54 Å². The molecule has 1 aliphatic carbocycles. The minimum absolute atomic E-state index is 0.123. The van der Waals surface area contributed by atoms with Crippen molar-refractivity contribution >= 4 is 11.3 Å². The van der Waals surface area contributed by atoms with E-state index in [0.717, 1.165) is 19.4 Å². The van der Waals surface area contributed by atoms with E-state index in [-0.39, 0.29) is 6.10 Å². The van der Waals surface area contributed by atoms with Gasteiger partial charge in [0.15, 0.2) is 0 Å². The Kier molecular flexibility index (Phi) is 3.78. The zero-order chi connectivity index (χ0) is 10.7. The molecule has 15 heavy (non-hydrogen) atoms. The summed E-state index contributed by atoms with van der Waals surface area (Å²) in [5.41, 5.74) is 1.36. The summed E-state index contributed by atoms with van der Waals surface area (Å²) < 4.78 is 0. The minimum atomic E-state index is -0.123. The van der Waals surface area contributed by atoms with Crippen LogP contribution in [0.5, 0.6) is 0 Å². The maximum absolute atomic E-state index is 9.93. The van der Waals surface area contributed by atoms with E-state index in [1.54, 1.807) is 11.3 Å². The van der Waals surface area contributed by atoms with E-state index in [2.05, 4.69) is 28.8 Å². The predicted molar refractivity (Wildman–Crippen MR) is 64.0 cm³/mol. The smallest absolute Gasteiger partial charge is 0.0695 e. The molecular formula is C12H19NOS. The quantitative estimate of drug-likeness (QED) is 0.854. The van der Waals surface area contributed by atoms with Crippen molar-refractivity contribution in [1.82, 2.24) is 4.90 Å². The van der Waals surface area contributed by atoms with Gasteiger partial charge in [-0.2, -0.15) is 11.3 Å². The third-order valence-electron chi connectivity index (χ3n) is 3.27. The van der Waals surface area contributed by atoms with Crippen LogP contribution in [0.15, 0.2) is 16.8 Å². The molecule has 1 heterocycles. The van der Waals surface area contributed by atoms with Crippen LogP contribution in [0.1, 0.15) is 31.2 Å². The first-order valence-corrected chi connectivity index (χ1v) is 6.61. The monoisotopic (exact) mass is 225 g/mol. The fourth-order valence-electron chi connectivity index (χ4n) is 2.39. The molecule has 1 aliphatic rings. The summed E-state index contributed by atoms with van der Waals surface area (Å²) in [6, 6.07) is 2.52. The third kappa shape index (κ3) is 2.80. The van der Waals surface area contributed by atoms with Gasteiger partial charge in [0.25, 0.3) is 0 Å². The van der Waals surface area contributed by atoms with Gasteiger partial charge in [0.1, 0.15) is 0 Å². The lowest BCUT2D eigenvalue weighted by atomic mass is 9.91. The number of thiophene rings is 1. The molecule has 0 amide bonds. The van der Waals surface area contributed by atoms with Crippen LogP contribution in [0.3, 0.4) is 0 Å². The molecule has 1 aromatic rings.